The van der Waals surface area contributed by atoms with Crippen LogP contribution >= 0.6 is 23.4 Å². The molecule has 0 aromatic carbocycles. The highest BCUT2D eigenvalue weighted by Crippen LogP contribution is 2.28. The highest BCUT2D eigenvalue weighted by molar-refractivity contribution is 7.99. The lowest BCUT2D eigenvalue weighted by Crippen LogP contribution is -2.14. The van der Waals surface area contributed by atoms with Crippen LogP contribution in [0.1, 0.15) is 29.6 Å². The summed E-state index contributed by atoms with van der Waals surface area (Å²) in [6.45, 7) is 0. The molecule has 0 unspecified atom stereocenters. The number of ketones is 1. The van der Waals surface area contributed by atoms with Crippen LogP contribution in [-0.4, -0.2) is 17.3 Å². The molecule has 82 valence electrons. The Morgan fingerprint density at radius 2 is 2.27 bits per heavy atom. The average molecular weight is 245 g/mol. The lowest BCUT2D eigenvalue weighted by molar-refractivity contribution is 0.0958. The minimum atomic E-state index is 0.116. The van der Waals surface area contributed by atoms with Crippen LogP contribution in [0.15, 0.2) is 16.7 Å². The van der Waals surface area contributed by atoms with Gasteiger partial charge in [-0.2, -0.15) is 11.8 Å². The van der Waals surface area contributed by atoms with Gasteiger partial charge in [0.1, 0.15) is 0 Å². The molecule has 2 heterocycles. The van der Waals surface area contributed by atoms with Gasteiger partial charge in [-0.05, 0) is 47.9 Å². The summed E-state index contributed by atoms with van der Waals surface area (Å²) in [5.74, 6) is 3.00. The number of furan rings is 1. The minimum absolute atomic E-state index is 0.116. The van der Waals surface area contributed by atoms with Gasteiger partial charge in [0.15, 0.2) is 5.78 Å². The first-order chi connectivity index (χ1) is 7.27. The number of halogens is 1. The molecule has 0 atom stereocenters. The van der Waals surface area contributed by atoms with Crippen LogP contribution < -0.4 is 0 Å². The molecule has 0 amide bonds. The topological polar surface area (TPSA) is 30.2 Å². The molecule has 2 nitrogen and oxygen atoms in total. The zero-order chi connectivity index (χ0) is 10.7. The number of hydrogen-bond acceptors (Lipinski definition) is 3. The number of thioether (sulfide) groups is 1. The molecule has 1 aliphatic rings. The van der Waals surface area contributed by atoms with Crippen LogP contribution in [0.25, 0.3) is 0 Å². The molecule has 0 saturated carbocycles. The van der Waals surface area contributed by atoms with Gasteiger partial charge in [-0.15, -0.1) is 0 Å². The first-order valence-electron chi connectivity index (χ1n) is 5.11. The summed E-state index contributed by atoms with van der Waals surface area (Å²) in [6.07, 6.45) is 4.36. The second-order valence-corrected chi connectivity index (χ2v) is 5.36. The predicted octanol–water partition coefficient (Wildman–Crippen LogP) is 3.65. The maximum atomic E-state index is 11.8. The van der Waals surface area contributed by atoms with E-state index in [9.17, 15) is 4.79 Å². The number of carbonyl (C=O) groups excluding carboxylic acids is 1. The Morgan fingerprint density at radius 3 is 2.87 bits per heavy atom. The molecule has 0 radical (unpaired) electrons. The zero-order valence-electron chi connectivity index (χ0n) is 8.37. The molecule has 0 spiro atoms. The third kappa shape index (κ3) is 2.79. The third-order valence-corrected chi connectivity index (χ3v) is 4.07. The van der Waals surface area contributed by atoms with Crippen LogP contribution in [0.3, 0.4) is 0 Å². The van der Waals surface area contributed by atoms with Crippen molar-refractivity contribution in [2.24, 2.45) is 5.92 Å². The maximum absolute atomic E-state index is 11.8. The molecule has 4 heteroatoms. The molecule has 0 aliphatic carbocycles. The van der Waals surface area contributed by atoms with Crippen LogP contribution in [-0.2, 0) is 0 Å². The van der Waals surface area contributed by atoms with Crippen LogP contribution in [0, 0.1) is 5.92 Å². The van der Waals surface area contributed by atoms with E-state index in [1.807, 2.05) is 11.8 Å². The van der Waals surface area contributed by atoms with Gasteiger partial charge >= 0.3 is 0 Å². The Morgan fingerprint density at radius 1 is 1.53 bits per heavy atom. The van der Waals surface area contributed by atoms with Gasteiger partial charge in [-0.3, -0.25) is 4.79 Å². The molecule has 2 rings (SSSR count). The van der Waals surface area contributed by atoms with Gasteiger partial charge in [0.25, 0.3) is 0 Å². The largest absolute Gasteiger partial charge is 0.452 e. The number of carbonyl (C=O) groups is 1. The van der Waals surface area contributed by atoms with E-state index >= 15 is 0 Å². The monoisotopic (exact) mass is 244 g/mol. The van der Waals surface area contributed by atoms with Gasteiger partial charge in [-0.1, -0.05) is 0 Å². The Kier molecular flexibility index (Phi) is 3.76. The summed E-state index contributed by atoms with van der Waals surface area (Å²) in [6, 6.07) is 1.66. The smallest absolute Gasteiger partial charge is 0.203 e. The summed E-state index contributed by atoms with van der Waals surface area (Å²) in [7, 11) is 0. The Bertz CT molecular complexity index is 342. The third-order valence-electron chi connectivity index (χ3n) is 2.73. The van der Waals surface area contributed by atoms with Crippen LogP contribution in [0.5, 0.6) is 0 Å². The molecule has 1 fully saturated rings. The van der Waals surface area contributed by atoms with E-state index in [0.717, 1.165) is 12.8 Å². The quantitative estimate of drug-likeness (QED) is 0.761. The highest BCUT2D eigenvalue weighted by Gasteiger charge is 2.20. The van der Waals surface area contributed by atoms with Crippen molar-refractivity contribution in [2.45, 2.75) is 19.3 Å². The van der Waals surface area contributed by atoms with Crippen molar-refractivity contribution in [3.8, 4) is 0 Å². The number of rotatable bonds is 3. The van der Waals surface area contributed by atoms with Crippen LogP contribution in [0.4, 0.5) is 0 Å². The summed E-state index contributed by atoms with van der Waals surface area (Å²) in [5, 5.41) is 0.227. The summed E-state index contributed by atoms with van der Waals surface area (Å²) < 4.78 is 4.92. The summed E-state index contributed by atoms with van der Waals surface area (Å²) in [5.41, 5.74) is 0.537. The normalized spacial score (nSPS) is 17.9. The van der Waals surface area contributed by atoms with E-state index in [4.69, 9.17) is 16.0 Å². The van der Waals surface area contributed by atoms with Crippen molar-refractivity contribution in [3.63, 3.8) is 0 Å². The van der Waals surface area contributed by atoms with Crippen molar-refractivity contribution in [3.05, 3.63) is 23.1 Å². The maximum Gasteiger partial charge on any atom is 0.203 e. The first-order valence-corrected chi connectivity index (χ1v) is 6.64. The Labute approximate surface area is 98.4 Å². The van der Waals surface area contributed by atoms with Gasteiger partial charge in [-0.25, -0.2) is 0 Å². The fourth-order valence-electron chi connectivity index (χ4n) is 1.82. The zero-order valence-corrected chi connectivity index (χ0v) is 9.94. The van der Waals surface area contributed by atoms with E-state index in [-0.39, 0.29) is 11.0 Å². The molecule has 1 aliphatic heterocycles. The van der Waals surface area contributed by atoms with E-state index in [0.29, 0.717) is 17.9 Å². The Balaban J connectivity index is 1.94. The van der Waals surface area contributed by atoms with Gasteiger partial charge in [0, 0.05) is 6.42 Å². The lowest BCUT2D eigenvalue weighted by atomic mass is 9.94. The van der Waals surface area contributed by atoms with Gasteiger partial charge in [0.2, 0.25) is 5.22 Å². The number of hydrogen-bond donors (Lipinski definition) is 0. The molecule has 1 aromatic heterocycles. The fourth-order valence-corrected chi connectivity index (χ4v) is 3.24. The number of Topliss-reactive ketones (excluding diaryl/α,β-unsaturated/α-hetero) is 1. The SMILES string of the molecule is O=C(CC1CCSCC1)c1ccoc1Cl. The molecular weight excluding hydrogens is 232 g/mol. The van der Waals surface area contributed by atoms with Gasteiger partial charge < -0.3 is 4.42 Å². The van der Waals surface area contributed by atoms with Crippen molar-refractivity contribution in [1.82, 2.24) is 0 Å². The molecule has 0 N–H and O–H groups in total. The van der Waals surface area contributed by atoms with E-state index < -0.39 is 0 Å². The second kappa shape index (κ2) is 5.08. The van der Waals surface area contributed by atoms with E-state index in [2.05, 4.69) is 0 Å². The lowest BCUT2D eigenvalue weighted by Gasteiger charge is -2.20. The fraction of sp³-hybridized carbons (Fsp3) is 0.545. The average Bonchev–Trinajstić information content (AvgIpc) is 2.66. The standard InChI is InChI=1S/C11H13ClO2S/c12-11-9(1-4-14-11)10(13)7-8-2-5-15-6-3-8/h1,4,8H,2-3,5-7H2. The first kappa shape index (κ1) is 11.1. The van der Waals surface area contributed by atoms with Crippen molar-refractivity contribution < 1.29 is 9.21 Å². The highest BCUT2D eigenvalue weighted by atomic mass is 35.5. The molecule has 0 bridgehead atoms. The van der Waals surface area contributed by atoms with Crippen molar-refractivity contribution in [1.29, 1.82) is 0 Å². The van der Waals surface area contributed by atoms with E-state index in [1.165, 1.54) is 17.8 Å². The van der Waals surface area contributed by atoms with E-state index in [1.54, 1.807) is 6.07 Å². The Hall–Kier alpha value is -0.410. The van der Waals surface area contributed by atoms with Crippen molar-refractivity contribution in [2.75, 3.05) is 11.5 Å². The molecule has 1 aromatic rings. The summed E-state index contributed by atoms with van der Waals surface area (Å²) >= 11 is 7.73. The second-order valence-electron chi connectivity index (χ2n) is 3.79. The van der Waals surface area contributed by atoms with Gasteiger partial charge in [0.05, 0.1) is 11.8 Å². The van der Waals surface area contributed by atoms with Crippen molar-refractivity contribution >= 4 is 29.1 Å². The summed E-state index contributed by atoms with van der Waals surface area (Å²) in [4.78, 5) is 11.8. The predicted molar refractivity (Wildman–Crippen MR) is 62.7 cm³/mol. The molecule has 1 saturated heterocycles. The minimum Gasteiger partial charge on any atom is -0.452 e. The molecule has 15 heavy (non-hydrogen) atoms. The molecular formula is C11H13ClO2S. The van der Waals surface area contributed by atoms with Crippen LogP contribution in [0.2, 0.25) is 5.22 Å².